The van der Waals surface area contributed by atoms with Gasteiger partial charge in [-0.1, -0.05) is 42.0 Å². The van der Waals surface area contributed by atoms with Gasteiger partial charge >= 0.3 is 0 Å². The van der Waals surface area contributed by atoms with Crippen molar-refractivity contribution < 1.29 is 8.42 Å². The predicted molar refractivity (Wildman–Crippen MR) is 130 cm³/mol. The molecule has 1 saturated heterocycles. The lowest BCUT2D eigenvalue weighted by atomic mass is 10.0. The van der Waals surface area contributed by atoms with E-state index in [1.165, 1.54) is 20.8 Å². The van der Waals surface area contributed by atoms with Gasteiger partial charge in [-0.25, -0.2) is 8.42 Å². The maximum absolute atomic E-state index is 12.7. The van der Waals surface area contributed by atoms with Crippen molar-refractivity contribution >= 4 is 21.9 Å². The zero-order valence-electron chi connectivity index (χ0n) is 18.7. The van der Waals surface area contributed by atoms with Gasteiger partial charge in [0.05, 0.1) is 5.69 Å². The van der Waals surface area contributed by atoms with E-state index in [1.54, 1.807) is 6.08 Å². The molecule has 0 bridgehead atoms. The molecule has 0 N–H and O–H groups in total. The van der Waals surface area contributed by atoms with Gasteiger partial charge in [0.2, 0.25) is 10.0 Å². The Morgan fingerprint density at radius 3 is 2.16 bits per heavy atom. The molecule has 0 spiro atoms. The molecule has 0 atom stereocenters. The van der Waals surface area contributed by atoms with Crippen molar-refractivity contribution in [2.24, 2.45) is 0 Å². The summed E-state index contributed by atoms with van der Waals surface area (Å²) in [5.74, 6) is 0.768. The topological polar surface area (TPSA) is 66.4 Å². The van der Waals surface area contributed by atoms with Crippen LogP contribution in [0.3, 0.4) is 0 Å². The second-order valence-electron chi connectivity index (χ2n) is 8.22. The van der Waals surface area contributed by atoms with Crippen LogP contribution in [0, 0.1) is 20.8 Å². The molecule has 4 rings (SSSR count). The van der Waals surface area contributed by atoms with Gasteiger partial charge in [0, 0.05) is 37.2 Å². The fourth-order valence-corrected chi connectivity index (χ4v) is 4.82. The minimum Gasteiger partial charge on any atom is -0.352 e. The SMILES string of the molecule is Cc1ccc(/C=C\S(=O)(=O)N2CCN(c3ccc(-c4ccc(C)c(C)c4)nn3)CC2)cc1. The number of sulfonamides is 1. The molecule has 1 aromatic heterocycles. The summed E-state index contributed by atoms with van der Waals surface area (Å²) in [7, 11) is -3.46. The fourth-order valence-electron chi connectivity index (χ4n) is 3.65. The molecular weight excluding hydrogens is 420 g/mol. The third kappa shape index (κ3) is 5.06. The van der Waals surface area contributed by atoms with Gasteiger partial charge in [0.1, 0.15) is 0 Å². The molecule has 32 heavy (non-hydrogen) atoms. The van der Waals surface area contributed by atoms with Crippen molar-refractivity contribution in [1.82, 2.24) is 14.5 Å². The summed E-state index contributed by atoms with van der Waals surface area (Å²) >= 11 is 0. The van der Waals surface area contributed by atoms with E-state index < -0.39 is 10.0 Å². The molecule has 1 aliphatic rings. The Kier molecular flexibility index (Phi) is 6.39. The summed E-state index contributed by atoms with van der Waals surface area (Å²) in [5.41, 5.74) is 6.37. The molecule has 0 saturated carbocycles. The Hall–Kier alpha value is -3.03. The van der Waals surface area contributed by atoms with Crippen molar-refractivity contribution in [1.29, 1.82) is 0 Å². The van der Waals surface area contributed by atoms with Gasteiger partial charge in [-0.3, -0.25) is 0 Å². The number of rotatable bonds is 5. The average molecular weight is 449 g/mol. The van der Waals surface area contributed by atoms with Crippen LogP contribution in [0.4, 0.5) is 5.82 Å². The van der Waals surface area contributed by atoms with Gasteiger partial charge < -0.3 is 4.90 Å². The van der Waals surface area contributed by atoms with Crippen LogP contribution in [-0.4, -0.2) is 49.1 Å². The Labute approximate surface area is 190 Å². The lowest BCUT2D eigenvalue weighted by Crippen LogP contribution is -2.48. The molecule has 2 heterocycles. The van der Waals surface area contributed by atoms with Gasteiger partial charge in [-0.05, 0) is 61.7 Å². The van der Waals surface area contributed by atoms with Crippen LogP contribution in [0.5, 0.6) is 0 Å². The fraction of sp³-hybridized carbons (Fsp3) is 0.280. The van der Waals surface area contributed by atoms with Crippen LogP contribution < -0.4 is 4.90 Å². The van der Waals surface area contributed by atoms with Crippen molar-refractivity contribution in [3.63, 3.8) is 0 Å². The predicted octanol–water partition coefficient (Wildman–Crippen LogP) is 4.19. The highest BCUT2D eigenvalue weighted by Gasteiger charge is 2.25. The molecule has 0 amide bonds. The number of anilines is 1. The monoisotopic (exact) mass is 448 g/mol. The first-order valence-corrected chi connectivity index (χ1v) is 12.2. The number of hydrogen-bond acceptors (Lipinski definition) is 5. The van der Waals surface area contributed by atoms with Crippen molar-refractivity contribution in [3.05, 3.63) is 82.3 Å². The first-order chi connectivity index (χ1) is 15.3. The highest BCUT2D eigenvalue weighted by Crippen LogP contribution is 2.22. The molecule has 0 aliphatic carbocycles. The second-order valence-corrected chi connectivity index (χ2v) is 10.0. The summed E-state index contributed by atoms with van der Waals surface area (Å²) in [4.78, 5) is 2.08. The van der Waals surface area contributed by atoms with E-state index in [2.05, 4.69) is 47.1 Å². The average Bonchev–Trinajstić information content (AvgIpc) is 2.81. The van der Waals surface area contributed by atoms with E-state index >= 15 is 0 Å². The summed E-state index contributed by atoms with van der Waals surface area (Å²) in [6.45, 7) is 8.17. The first kappa shape index (κ1) is 22.2. The van der Waals surface area contributed by atoms with Crippen LogP contribution in [0.2, 0.25) is 0 Å². The normalized spacial score (nSPS) is 15.4. The van der Waals surface area contributed by atoms with E-state index in [-0.39, 0.29) is 0 Å². The molecular formula is C25H28N4O2S. The third-order valence-corrected chi connectivity index (χ3v) is 7.45. The lowest BCUT2D eigenvalue weighted by molar-refractivity contribution is 0.388. The van der Waals surface area contributed by atoms with Gasteiger partial charge in [0.15, 0.2) is 5.82 Å². The quantitative estimate of drug-likeness (QED) is 0.586. The maximum Gasteiger partial charge on any atom is 0.236 e. The second kappa shape index (κ2) is 9.22. The molecule has 3 aromatic rings. The minimum atomic E-state index is -3.46. The number of nitrogens with zero attached hydrogens (tertiary/aromatic N) is 4. The number of aryl methyl sites for hydroxylation is 3. The van der Waals surface area contributed by atoms with E-state index in [4.69, 9.17) is 0 Å². The molecule has 0 radical (unpaired) electrons. The standard InChI is InChI=1S/C25H28N4O2S/c1-19-4-7-22(8-5-19)12-17-32(30,31)29-15-13-28(14-16-29)25-11-10-24(26-27-25)23-9-6-20(2)21(3)18-23/h4-12,17-18H,13-16H2,1-3H3/b17-12-. The third-order valence-electron chi connectivity index (χ3n) is 5.89. The van der Waals surface area contributed by atoms with Crippen LogP contribution in [-0.2, 0) is 10.0 Å². The molecule has 2 aromatic carbocycles. The summed E-state index contributed by atoms with van der Waals surface area (Å²) in [5, 5.41) is 10.1. The van der Waals surface area contributed by atoms with Gasteiger partial charge in [-0.2, -0.15) is 4.31 Å². The zero-order valence-corrected chi connectivity index (χ0v) is 19.5. The number of hydrogen-bond donors (Lipinski definition) is 0. The number of aromatic nitrogens is 2. The molecule has 166 valence electrons. The number of benzene rings is 2. The van der Waals surface area contributed by atoms with E-state index in [1.807, 2.05) is 43.3 Å². The smallest absolute Gasteiger partial charge is 0.236 e. The summed E-state index contributed by atoms with van der Waals surface area (Å²) in [6.07, 6.45) is 1.65. The Balaban J connectivity index is 1.38. The van der Waals surface area contributed by atoms with Crippen molar-refractivity contribution in [2.75, 3.05) is 31.1 Å². The van der Waals surface area contributed by atoms with Crippen LogP contribution in [0.15, 0.2) is 60.0 Å². The Morgan fingerprint density at radius 1 is 0.812 bits per heavy atom. The maximum atomic E-state index is 12.7. The summed E-state index contributed by atoms with van der Waals surface area (Å²) in [6, 6.07) is 18.0. The Morgan fingerprint density at radius 2 is 1.53 bits per heavy atom. The molecule has 1 aliphatic heterocycles. The van der Waals surface area contributed by atoms with E-state index in [0.29, 0.717) is 26.2 Å². The van der Waals surface area contributed by atoms with Gasteiger partial charge in [-0.15, -0.1) is 10.2 Å². The van der Waals surface area contributed by atoms with Gasteiger partial charge in [0.25, 0.3) is 0 Å². The van der Waals surface area contributed by atoms with Crippen molar-refractivity contribution in [2.45, 2.75) is 20.8 Å². The molecule has 6 nitrogen and oxygen atoms in total. The molecule has 0 unspecified atom stereocenters. The summed E-state index contributed by atoms with van der Waals surface area (Å²) < 4.78 is 26.9. The number of piperazine rings is 1. The van der Waals surface area contributed by atoms with E-state index in [9.17, 15) is 8.42 Å². The lowest BCUT2D eigenvalue weighted by Gasteiger charge is -2.33. The van der Waals surface area contributed by atoms with Crippen LogP contribution >= 0.6 is 0 Å². The van der Waals surface area contributed by atoms with Crippen molar-refractivity contribution in [3.8, 4) is 11.3 Å². The van der Waals surface area contributed by atoms with Crippen LogP contribution in [0.1, 0.15) is 22.3 Å². The zero-order chi connectivity index (χ0) is 22.7. The largest absolute Gasteiger partial charge is 0.352 e. The Bertz CT molecular complexity index is 1210. The highest BCUT2D eigenvalue weighted by atomic mass is 32.2. The minimum absolute atomic E-state index is 0.418. The highest BCUT2D eigenvalue weighted by molar-refractivity contribution is 7.92. The van der Waals surface area contributed by atoms with E-state index in [0.717, 1.165) is 28.2 Å². The first-order valence-electron chi connectivity index (χ1n) is 10.7. The molecule has 7 heteroatoms. The molecule has 1 fully saturated rings. The van der Waals surface area contributed by atoms with Crippen LogP contribution in [0.25, 0.3) is 17.3 Å².